The molecule has 0 bridgehead atoms. The van der Waals surface area contributed by atoms with E-state index in [0.29, 0.717) is 11.1 Å². The number of H-pyrrole nitrogens is 2. The van der Waals surface area contributed by atoms with Crippen molar-refractivity contribution in [3.05, 3.63) is 28.4 Å². The monoisotopic (exact) mass is 266 g/mol. The van der Waals surface area contributed by atoms with Gasteiger partial charge < -0.3 is 30.6 Å². The molecule has 0 amide bonds. The number of β-amino-alcohol motifs (C(OH)–C–C–N with tert-alkyl or cyclic N) is 1. The molecule has 3 heterocycles. The highest BCUT2D eigenvalue weighted by Gasteiger charge is 2.49. The zero-order valence-corrected chi connectivity index (χ0v) is 9.92. The fourth-order valence-electron chi connectivity index (χ4n) is 2.61. The predicted octanol–water partition coefficient (Wildman–Crippen LogP) is -2.24. The van der Waals surface area contributed by atoms with Crippen LogP contribution in [0.5, 0.6) is 0 Å². The minimum Gasteiger partial charge on any atom is -0.394 e. The van der Waals surface area contributed by atoms with Gasteiger partial charge in [0.25, 0.3) is 5.56 Å². The first-order chi connectivity index (χ1) is 9.10. The molecule has 2 aromatic heterocycles. The van der Waals surface area contributed by atoms with E-state index in [4.69, 9.17) is 0 Å². The van der Waals surface area contributed by atoms with Crippen LogP contribution in [0.3, 0.4) is 0 Å². The van der Waals surface area contributed by atoms with Gasteiger partial charge in [-0.2, -0.15) is 0 Å². The number of aromatic nitrogens is 3. The molecule has 8 heteroatoms. The van der Waals surface area contributed by atoms with Gasteiger partial charge in [-0.05, 0) is 0 Å². The van der Waals surface area contributed by atoms with E-state index in [-0.39, 0.29) is 17.6 Å². The molecule has 0 radical (unpaired) electrons. The largest absolute Gasteiger partial charge is 0.394 e. The lowest BCUT2D eigenvalue weighted by Gasteiger charge is -2.30. The Hall–Kier alpha value is -1.74. The van der Waals surface area contributed by atoms with Crippen LogP contribution in [0.4, 0.5) is 0 Å². The molecule has 1 aliphatic heterocycles. The third-order valence-electron chi connectivity index (χ3n) is 3.70. The maximum atomic E-state index is 11.6. The summed E-state index contributed by atoms with van der Waals surface area (Å²) in [6.07, 6.45) is 0.596. The van der Waals surface area contributed by atoms with E-state index < -0.39 is 24.4 Å². The summed E-state index contributed by atoms with van der Waals surface area (Å²) in [5, 5.41) is 32.3. The Balaban J connectivity index is 2.23. The van der Waals surface area contributed by atoms with Gasteiger partial charge >= 0.3 is 0 Å². The molecule has 2 aromatic rings. The molecule has 1 aliphatic rings. The van der Waals surface area contributed by atoms with E-state index in [9.17, 15) is 20.1 Å². The topological polar surface area (TPSA) is 134 Å². The average molecular weight is 266 g/mol. The van der Waals surface area contributed by atoms with Crippen molar-refractivity contribution in [1.29, 1.82) is 0 Å². The molecule has 102 valence electrons. The minimum absolute atomic E-state index is 0.150. The SMILES string of the molecule is O=c1[nH]cnc2c([C@@]3(CO)NC[C@H](O)[C@@H]3O)c[nH]c12. The number of nitrogens with one attached hydrogen (secondary N) is 3. The molecule has 3 atom stereocenters. The number of aromatic amines is 2. The number of fused-ring (bicyclic) bond motifs is 1. The van der Waals surface area contributed by atoms with Gasteiger partial charge in [0.15, 0.2) is 0 Å². The Morgan fingerprint density at radius 1 is 1.42 bits per heavy atom. The van der Waals surface area contributed by atoms with Crippen LogP contribution in [0.2, 0.25) is 0 Å². The van der Waals surface area contributed by atoms with E-state index >= 15 is 0 Å². The quantitative estimate of drug-likeness (QED) is 0.364. The van der Waals surface area contributed by atoms with E-state index in [1.165, 1.54) is 12.5 Å². The van der Waals surface area contributed by atoms with Crippen LogP contribution in [0.15, 0.2) is 17.3 Å². The summed E-state index contributed by atoms with van der Waals surface area (Å²) in [4.78, 5) is 20.9. The highest BCUT2D eigenvalue weighted by molar-refractivity contribution is 5.79. The molecule has 6 N–H and O–H groups in total. The molecule has 0 aliphatic carbocycles. The number of nitrogens with zero attached hydrogens (tertiary/aromatic N) is 1. The number of hydrogen-bond acceptors (Lipinski definition) is 6. The van der Waals surface area contributed by atoms with E-state index in [2.05, 4.69) is 20.3 Å². The van der Waals surface area contributed by atoms with Crippen molar-refractivity contribution in [2.24, 2.45) is 0 Å². The number of aliphatic hydroxyl groups is 3. The highest BCUT2D eigenvalue weighted by Crippen LogP contribution is 2.34. The Morgan fingerprint density at radius 2 is 2.21 bits per heavy atom. The average Bonchev–Trinajstić information content (AvgIpc) is 2.96. The van der Waals surface area contributed by atoms with Crippen molar-refractivity contribution in [3.63, 3.8) is 0 Å². The predicted molar refractivity (Wildman–Crippen MR) is 65.5 cm³/mol. The van der Waals surface area contributed by atoms with Crippen LogP contribution >= 0.6 is 0 Å². The maximum absolute atomic E-state index is 11.6. The third kappa shape index (κ3) is 1.55. The van der Waals surface area contributed by atoms with Crippen LogP contribution in [-0.2, 0) is 5.54 Å². The number of rotatable bonds is 2. The van der Waals surface area contributed by atoms with Crippen LogP contribution in [-0.4, -0.2) is 55.6 Å². The molecule has 0 unspecified atom stereocenters. The lowest BCUT2D eigenvalue weighted by Crippen LogP contribution is -2.49. The Labute approximate surface area is 107 Å². The Kier molecular flexibility index (Phi) is 2.68. The molecule has 1 saturated heterocycles. The molecule has 0 saturated carbocycles. The van der Waals surface area contributed by atoms with Crippen LogP contribution in [0.25, 0.3) is 11.0 Å². The van der Waals surface area contributed by atoms with Crippen molar-refractivity contribution in [1.82, 2.24) is 20.3 Å². The van der Waals surface area contributed by atoms with Gasteiger partial charge in [-0.15, -0.1) is 0 Å². The number of aliphatic hydroxyl groups excluding tert-OH is 3. The van der Waals surface area contributed by atoms with Gasteiger partial charge in [0.05, 0.1) is 24.6 Å². The van der Waals surface area contributed by atoms with Crippen molar-refractivity contribution in [2.75, 3.05) is 13.2 Å². The maximum Gasteiger partial charge on any atom is 0.275 e. The zero-order chi connectivity index (χ0) is 13.6. The third-order valence-corrected chi connectivity index (χ3v) is 3.70. The first kappa shape index (κ1) is 12.3. The molecular weight excluding hydrogens is 252 g/mol. The fraction of sp³-hybridized carbons (Fsp3) is 0.455. The minimum atomic E-state index is -1.22. The molecule has 0 spiro atoms. The molecular formula is C11H14N4O4. The summed E-state index contributed by atoms with van der Waals surface area (Å²) in [6, 6.07) is 0. The molecule has 1 fully saturated rings. The summed E-state index contributed by atoms with van der Waals surface area (Å²) in [5.74, 6) is 0. The van der Waals surface area contributed by atoms with Gasteiger partial charge in [-0.1, -0.05) is 0 Å². The summed E-state index contributed by atoms with van der Waals surface area (Å²) in [6.45, 7) is -0.274. The first-order valence-corrected chi connectivity index (χ1v) is 5.87. The van der Waals surface area contributed by atoms with Crippen molar-refractivity contribution < 1.29 is 15.3 Å². The van der Waals surface area contributed by atoms with Gasteiger partial charge in [0.1, 0.15) is 17.1 Å². The second-order valence-electron chi connectivity index (χ2n) is 4.68. The summed E-state index contributed by atoms with van der Waals surface area (Å²) < 4.78 is 0. The van der Waals surface area contributed by atoms with E-state index in [1.54, 1.807) is 0 Å². The Bertz CT molecular complexity index is 666. The molecule has 3 rings (SSSR count). The molecule has 8 nitrogen and oxygen atoms in total. The second-order valence-corrected chi connectivity index (χ2v) is 4.68. The zero-order valence-electron chi connectivity index (χ0n) is 9.92. The van der Waals surface area contributed by atoms with E-state index in [0.717, 1.165) is 0 Å². The van der Waals surface area contributed by atoms with Crippen LogP contribution in [0, 0.1) is 0 Å². The Morgan fingerprint density at radius 3 is 2.84 bits per heavy atom. The smallest absolute Gasteiger partial charge is 0.275 e. The summed E-state index contributed by atoms with van der Waals surface area (Å²) in [7, 11) is 0. The lowest BCUT2D eigenvalue weighted by molar-refractivity contribution is -0.0105. The van der Waals surface area contributed by atoms with Crippen molar-refractivity contribution in [2.45, 2.75) is 17.7 Å². The van der Waals surface area contributed by atoms with Crippen molar-refractivity contribution in [3.8, 4) is 0 Å². The van der Waals surface area contributed by atoms with Crippen LogP contribution < -0.4 is 10.9 Å². The van der Waals surface area contributed by atoms with Gasteiger partial charge in [0, 0.05) is 18.3 Å². The summed E-state index contributed by atoms with van der Waals surface area (Å²) in [5.41, 5.74) is -0.477. The van der Waals surface area contributed by atoms with Gasteiger partial charge in [-0.25, -0.2) is 4.98 Å². The van der Waals surface area contributed by atoms with Crippen LogP contribution in [0.1, 0.15) is 5.56 Å². The lowest BCUT2D eigenvalue weighted by atomic mass is 9.87. The second kappa shape index (κ2) is 4.14. The molecule has 19 heavy (non-hydrogen) atoms. The normalized spacial score (nSPS) is 31.1. The first-order valence-electron chi connectivity index (χ1n) is 5.87. The standard InChI is InChI=1S/C11H14N4O4/c16-3-11(9(18)6(17)2-15-11)5-1-12-8-7(5)13-4-14-10(8)19/h1,4,6,9,12,15-18H,2-3H2,(H,13,14,19)/t6-,9-,11+/m0/s1. The molecule has 0 aromatic carbocycles. The summed E-state index contributed by atoms with van der Waals surface area (Å²) >= 11 is 0. The fourth-order valence-corrected chi connectivity index (χ4v) is 2.61. The van der Waals surface area contributed by atoms with Gasteiger partial charge in [-0.3, -0.25) is 4.79 Å². The van der Waals surface area contributed by atoms with Crippen molar-refractivity contribution >= 4 is 11.0 Å². The number of hydrogen-bond donors (Lipinski definition) is 6. The highest BCUT2D eigenvalue weighted by atomic mass is 16.3. The van der Waals surface area contributed by atoms with Gasteiger partial charge in [0.2, 0.25) is 0 Å². The van der Waals surface area contributed by atoms with E-state index in [1.807, 2.05) is 0 Å².